The largest absolute Gasteiger partial charge is 0.496 e. The third-order valence-corrected chi connectivity index (χ3v) is 2.31. The van der Waals surface area contributed by atoms with E-state index in [4.69, 9.17) is 10.5 Å². The number of methoxy groups -OCH3 is 2. The van der Waals surface area contributed by atoms with Gasteiger partial charge in [-0.25, -0.2) is 0 Å². The molecule has 2 N–H and O–H groups in total. The van der Waals surface area contributed by atoms with Crippen molar-refractivity contribution < 1.29 is 23.0 Å². The number of esters is 1. The second kappa shape index (κ2) is 5.09. The number of hydrogen-bond acceptors (Lipinski definition) is 4. The summed E-state index contributed by atoms with van der Waals surface area (Å²) in [6.45, 7) is 0. The number of para-hydroxylation sites is 1. The van der Waals surface area contributed by atoms with Crippen molar-refractivity contribution in [2.45, 2.75) is 12.0 Å². The standard InChI is InChI=1S/C11H13F2NO3/c1-16-8-6-4-3-5-7(8)11(12,13)9(14)10(15)17-2/h3-6,9H,14H2,1-2H3. The Morgan fingerprint density at radius 2 is 1.94 bits per heavy atom. The molecule has 6 heteroatoms. The maximum Gasteiger partial charge on any atom is 0.329 e. The average molecular weight is 245 g/mol. The van der Waals surface area contributed by atoms with Crippen molar-refractivity contribution in [1.29, 1.82) is 0 Å². The van der Waals surface area contributed by atoms with Gasteiger partial charge >= 0.3 is 11.9 Å². The van der Waals surface area contributed by atoms with Gasteiger partial charge in [0.2, 0.25) is 0 Å². The van der Waals surface area contributed by atoms with Crippen molar-refractivity contribution >= 4 is 5.97 Å². The molecular weight excluding hydrogens is 232 g/mol. The van der Waals surface area contributed by atoms with Gasteiger partial charge in [-0.3, -0.25) is 4.79 Å². The lowest BCUT2D eigenvalue weighted by Crippen LogP contribution is -2.45. The zero-order valence-corrected chi connectivity index (χ0v) is 9.44. The lowest BCUT2D eigenvalue weighted by Gasteiger charge is -2.23. The molecular formula is C11H13F2NO3. The molecule has 17 heavy (non-hydrogen) atoms. The number of halogens is 2. The molecule has 1 aromatic rings. The van der Waals surface area contributed by atoms with Crippen LogP contribution < -0.4 is 10.5 Å². The molecule has 1 atom stereocenters. The van der Waals surface area contributed by atoms with E-state index in [0.717, 1.165) is 13.2 Å². The van der Waals surface area contributed by atoms with Crippen LogP contribution in [-0.2, 0) is 15.5 Å². The Kier molecular flexibility index (Phi) is 4.01. The van der Waals surface area contributed by atoms with Crippen LogP contribution in [0, 0.1) is 0 Å². The summed E-state index contributed by atoms with van der Waals surface area (Å²) in [5.41, 5.74) is 4.74. The van der Waals surface area contributed by atoms with E-state index in [1.54, 1.807) is 6.07 Å². The molecule has 0 spiro atoms. The van der Waals surface area contributed by atoms with E-state index < -0.39 is 23.5 Å². The van der Waals surface area contributed by atoms with Crippen LogP contribution in [0.2, 0.25) is 0 Å². The smallest absolute Gasteiger partial charge is 0.329 e. The highest BCUT2D eigenvalue weighted by molar-refractivity contribution is 5.77. The Balaban J connectivity index is 3.16. The van der Waals surface area contributed by atoms with Crippen LogP contribution in [0.4, 0.5) is 8.78 Å². The van der Waals surface area contributed by atoms with Gasteiger partial charge in [0.05, 0.1) is 19.8 Å². The van der Waals surface area contributed by atoms with Crippen LogP contribution >= 0.6 is 0 Å². The summed E-state index contributed by atoms with van der Waals surface area (Å²) in [7, 11) is 2.26. The monoisotopic (exact) mass is 245 g/mol. The van der Waals surface area contributed by atoms with E-state index in [9.17, 15) is 13.6 Å². The highest BCUT2D eigenvalue weighted by Crippen LogP contribution is 2.37. The molecule has 1 aromatic carbocycles. The molecule has 0 fully saturated rings. The van der Waals surface area contributed by atoms with Gasteiger partial charge in [-0.2, -0.15) is 8.78 Å². The first-order valence-electron chi connectivity index (χ1n) is 4.79. The van der Waals surface area contributed by atoms with Crippen molar-refractivity contribution in [2.75, 3.05) is 14.2 Å². The van der Waals surface area contributed by atoms with E-state index in [-0.39, 0.29) is 5.75 Å². The molecule has 0 saturated heterocycles. The van der Waals surface area contributed by atoms with Crippen LogP contribution in [-0.4, -0.2) is 26.2 Å². The van der Waals surface area contributed by atoms with E-state index in [2.05, 4.69) is 4.74 Å². The molecule has 1 rings (SSSR count). The third-order valence-electron chi connectivity index (χ3n) is 2.31. The molecule has 94 valence electrons. The number of carbonyl (C=O) groups excluding carboxylic acids is 1. The predicted octanol–water partition coefficient (Wildman–Crippen LogP) is 1.29. The fourth-order valence-electron chi connectivity index (χ4n) is 1.36. The molecule has 1 unspecified atom stereocenters. The van der Waals surface area contributed by atoms with Crippen LogP contribution in [0.25, 0.3) is 0 Å². The van der Waals surface area contributed by atoms with Crippen molar-refractivity contribution in [1.82, 2.24) is 0 Å². The molecule has 4 nitrogen and oxygen atoms in total. The summed E-state index contributed by atoms with van der Waals surface area (Å²) in [5.74, 6) is -4.77. The van der Waals surface area contributed by atoms with Gasteiger partial charge in [-0.15, -0.1) is 0 Å². The number of carbonyl (C=O) groups is 1. The Labute approximate surface area is 97.3 Å². The summed E-state index contributed by atoms with van der Waals surface area (Å²) in [4.78, 5) is 11.1. The predicted molar refractivity (Wildman–Crippen MR) is 56.9 cm³/mol. The zero-order chi connectivity index (χ0) is 13.1. The first kappa shape index (κ1) is 13.4. The fourth-order valence-corrected chi connectivity index (χ4v) is 1.36. The fraction of sp³-hybridized carbons (Fsp3) is 0.364. The van der Waals surface area contributed by atoms with E-state index in [0.29, 0.717) is 0 Å². The summed E-state index contributed by atoms with van der Waals surface area (Å²) in [5, 5.41) is 0. The second-order valence-corrected chi connectivity index (χ2v) is 3.32. The quantitative estimate of drug-likeness (QED) is 0.812. The second-order valence-electron chi connectivity index (χ2n) is 3.32. The number of alkyl halides is 2. The van der Waals surface area contributed by atoms with Crippen LogP contribution in [0.3, 0.4) is 0 Å². The maximum absolute atomic E-state index is 13.9. The molecule has 0 bridgehead atoms. The third kappa shape index (κ3) is 2.52. The lowest BCUT2D eigenvalue weighted by atomic mass is 10.0. The van der Waals surface area contributed by atoms with Crippen molar-refractivity contribution in [2.24, 2.45) is 5.73 Å². The van der Waals surface area contributed by atoms with Gasteiger partial charge in [0.25, 0.3) is 0 Å². The molecule has 0 aliphatic rings. The lowest BCUT2D eigenvalue weighted by molar-refractivity contribution is -0.153. The van der Waals surface area contributed by atoms with Gasteiger partial charge in [0.1, 0.15) is 5.75 Å². The number of benzene rings is 1. The van der Waals surface area contributed by atoms with Crippen molar-refractivity contribution in [3.8, 4) is 5.75 Å². The molecule has 0 radical (unpaired) electrons. The van der Waals surface area contributed by atoms with Crippen molar-refractivity contribution in [3.05, 3.63) is 29.8 Å². The summed E-state index contributed by atoms with van der Waals surface area (Å²) < 4.78 is 36.9. The Bertz CT molecular complexity index is 409. The number of nitrogens with two attached hydrogens (primary N) is 1. The van der Waals surface area contributed by atoms with Gasteiger partial charge in [-0.1, -0.05) is 12.1 Å². The first-order valence-corrected chi connectivity index (χ1v) is 4.79. The Hall–Kier alpha value is -1.69. The Morgan fingerprint density at radius 1 is 1.35 bits per heavy atom. The van der Waals surface area contributed by atoms with Crippen molar-refractivity contribution in [3.63, 3.8) is 0 Å². The Morgan fingerprint density at radius 3 is 2.47 bits per heavy atom. The summed E-state index contributed by atoms with van der Waals surface area (Å²) in [6.07, 6.45) is 0. The maximum atomic E-state index is 13.9. The summed E-state index contributed by atoms with van der Waals surface area (Å²) >= 11 is 0. The topological polar surface area (TPSA) is 61.5 Å². The van der Waals surface area contributed by atoms with E-state index >= 15 is 0 Å². The molecule has 0 amide bonds. The van der Waals surface area contributed by atoms with Gasteiger partial charge in [0, 0.05) is 0 Å². The zero-order valence-electron chi connectivity index (χ0n) is 9.44. The molecule has 0 aliphatic carbocycles. The van der Waals surface area contributed by atoms with Gasteiger partial charge in [0.15, 0.2) is 6.04 Å². The highest BCUT2D eigenvalue weighted by atomic mass is 19.3. The SMILES string of the molecule is COC(=O)C(N)C(F)(F)c1ccccc1OC. The number of hydrogen-bond donors (Lipinski definition) is 1. The molecule has 0 heterocycles. The van der Waals surface area contributed by atoms with E-state index in [1.165, 1.54) is 19.2 Å². The number of rotatable bonds is 4. The minimum atomic E-state index is -3.56. The molecule has 0 aliphatic heterocycles. The number of ether oxygens (including phenoxy) is 2. The van der Waals surface area contributed by atoms with Crippen LogP contribution in [0.1, 0.15) is 5.56 Å². The van der Waals surface area contributed by atoms with Crippen LogP contribution in [0.5, 0.6) is 5.75 Å². The normalized spacial score (nSPS) is 13.0. The highest BCUT2D eigenvalue weighted by Gasteiger charge is 2.46. The minimum Gasteiger partial charge on any atom is -0.496 e. The first-order chi connectivity index (χ1) is 7.95. The molecule has 0 aromatic heterocycles. The van der Waals surface area contributed by atoms with E-state index in [1.807, 2.05) is 0 Å². The van der Waals surface area contributed by atoms with Gasteiger partial charge in [-0.05, 0) is 12.1 Å². The average Bonchev–Trinajstić information content (AvgIpc) is 2.36. The van der Waals surface area contributed by atoms with Crippen LogP contribution in [0.15, 0.2) is 24.3 Å². The summed E-state index contributed by atoms with van der Waals surface area (Å²) in [6, 6.07) is 3.41. The molecule has 0 saturated carbocycles. The minimum absolute atomic E-state index is 0.0307. The van der Waals surface area contributed by atoms with Gasteiger partial charge < -0.3 is 15.2 Å².